The first-order valence-electron chi connectivity index (χ1n) is 21.3. The van der Waals surface area contributed by atoms with E-state index in [2.05, 4.69) is 29.6 Å². The summed E-state index contributed by atoms with van der Waals surface area (Å²) in [6.45, 7) is 0. The highest BCUT2D eigenvalue weighted by Gasteiger charge is 2.22. The maximum absolute atomic E-state index is 12.2. The number of carbonyl (C=O) groups excluding carboxylic acids is 1. The zero-order valence-corrected chi connectivity index (χ0v) is 34.5. The number of aliphatic hydroxyl groups excluding tert-OH is 8. The normalized spacial score (nSPS) is 15.4. The van der Waals surface area contributed by atoms with Crippen LogP contribution in [0.3, 0.4) is 0 Å². The summed E-state index contributed by atoms with van der Waals surface area (Å²) < 4.78 is 0. The Morgan fingerprint density at radius 1 is 0.569 bits per heavy atom. The topological polar surface area (TPSA) is 216 Å². The number of carboxylic acid groups (broad SMARTS) is 1. The van der Waals surface area contributed by atoms with Crippen LogP contribution in [-0.4, -0.2) is 107 Å². The molecule has 0 amide bonds. The van der Waals surface area contributed by atoms with Crippen molar-refractivity contribution in [2.75, 3.05) is 0 Å². The minimum absolute atomic E-state index is 0.191. The van der Waals surface area contributed by atoms with Crippen molar-refractivity contribution in [3.8, 4) is 47.9 Å². The van der Waals surface area contributed by atoms with Gasteiger partial charge in [0, 0.05) is 31.6 Å². The van der Waals surface area contributed by atoms with Gasteiger partial charge in [-0.3, -0.25) is 4.79 Å². The molecule has 0 aromatic carbocycles. The maximum atomic E-state index is 12.2. The van der Waals surface area contributed by atoms with Crippen molar-refractivity contribution in [1.82, 2.24) is 0 Å². The molecule has 326 valence electrons. The highest BCUT2D eigenvalue weighted by atomic mass is 16.4. The lowest BCUT2D eigenvalue weighted by Gasteiger charge is -2.19. The molecule has 0 aliphatic heterocycles. The number of terminal acetylenes is 1. The van der Waals surface area contributed by atoms with Crippen molar-refractivity contribution in [2.24, 2.45) is 0 Å². The van der Waals surface area contributed by atoms with Gasteiger partial charge in [-0.2, -0.15) is 0 Å². The van der Waals surface area contributed by atoms with Crippen LogP contribution in [0.4, 0.5) is 0 Å². The minimum Gasteiger partial charge on any atom is -0.472 e. The standard InChI is InChI=1S/C47H72O11/c1-2-38(48)34-35-43(53)32-23-31-42(52)30-22-29-41(51)28-20-15-14-19-27-40(50)26-18-12-9-11-17-25-39(49)24-16-10-7-5-3-4-6-8-13-21-33-44(54)47(58)45(55)36-37-46(56)57/h1,17,25,34-35,38-39,41-45,47-49,51-55,58H,3-16,18-19,21,23-24,26-27,30-33H2,(H,56,57)/b25-17+,35-34+. The highest BCUT2D eigenvalue weighted by molar-refractivity contribution is 5.86. The molecule has 9 N–H and O–H groups in total. The molecule has 8 atom stereocenters. The summed E-state index contributed by atoms with van der Waals surface area (Å²) in [7, 11) is 0. The van der Waals surface area contributed by atoms with Gasteiger partial charge in [-0.05, 0) is 70.3 Å². The Hall–Kier alpha value is -3.46. The summed E-state index contributed by atoms with van der Waals surface area (Å²) >= 11 is 0. The van der Waals surface area contributed by atoms with Crippen LogP contribution < -0.4 is 0 Å². The third kappa shape index (κ3) is 35.7. The Labute approximate surface area is 348 Å². The molecule has 0 spiro atoms. The summed E-state index contributed by atoms with van der Waals surface area (Å²) in [5, 5.41) is 87.1. The number of allylic oxidation sites excluding steroid dienone is 1. The van der Waals surface area contributed by atoms with Crippen LogP contribution >= 0.6 is 0 Å². The molecule has 0 aliphatic carbocycles. The van der Waals surface area contributed by atoms with E-state index in [1.807, 2.05) is 18.1 Å². The molecule has 0 aromatic rings. The fourth-order valence-corrected chi connectivity index (χ4v) is 6.02. The first-order chi connectivity index (χ1) is 27.8. The lowest BCUT2D eigenvalue weighted by atomic mass is 10.0. The van der Waals surface area contributed by atoms with E-state index in [0.29, 0.717) is 51.4 Å². The van der Waals surface area contributed by atoms with Crippen LogP contribution in [0.2, 0.25) is 0 Å². The molecular formula is C47H72O11. The minimum atomic E-state index is -1.59. The SMILES string of the molecule is C#CC(O)/C=C/C(O)CCCC(O)CC#CC(O)C#CCCCCC(=O)CCCCC/C=C/C(O)CCCCCCCCCCCCC(O)C(O)C(O)C#CC(=O)O. The number of aliphatic carboxylic acids is 1. The van der Waals surface area contributed by atoms with Crippen LogP contribution in [0.15, 0.2) is 24.3 Å². The molecule has 0 heterocycles. The second kappa shape index (κ2) is 37.8. The molecule has 0 aliphatic rings. The van der Waals surface area contributed by atoms with E-state index < -0.39 is 54.8 Å². The van der Waals surface area contributed by atoms with Crippen molar-refractivity contribution in [3.63, 3.8) is 0 Å². The number of unbranched alkanes of at least 4 members (excludes halogenated alkanes) is 14. The summed E-state index contributed by atoms with van der Waals surface area (Å²) in [6, 6.07) is 0. The molecule has 11 nitrogen and oxygen atoms in total. The Bertz CT molecular complexity index is 1370. The van der Waals surface area contributed by atoms with E-state index in [1.165, 1.54) is 18.6 Å². The number of rotatable bonds is 33. The van der Waals surface area contributed by atoms with Crippen LogP contribution in [0.1, 0.15) is 161 Å². The van der Waals surface area contributed by atoms with E-state index in [9.17, 15) is 50.4 Å². The summed E-state index contributed by atoms with van der Waals surface area (Å²) in [6.07, 6.45) is 23.6. The number of aliphatic hydroxyl groups is 8. The summed E-state index contributed by atoms with van der Waals surface area (Å²) in [4.78, 5) is 22.6. The molecule has 0 aromatic heterocycles. The Morgan fingerprint density at radius 3 is 1.76 bits per heavy atom. The van der Waals surface area contributed by atoms with Gasteiger partial charge in [-0.15, -0.1) is 6.42 Å². The Balaban J connectivity index is 3.71. The van der Waals surface area contributed by atoms with E-state index in [0.717, 1.165) is 96.3 Å². The van der Waals surface area contributed by atoms with Gasteiger partial charge in [0.25, 0.3) is 0 Å². The number of hydrogen-bond acceptors (Lipinski definition) is 10. The third-order valence-electron chi connectivity index (χ3n) is 9.53. The van der Waals surface area contributed by atoms with E-state index >= 15 is 0 Å². The second-order valence-electron chi connectivity index (χ2n) is 14.9. The van der Waals surface area contributed by atoms with Crippen molar-refractivity contribution >= 4 is 11.8 Å². The van der Waals surface area contributed by atoms with Crippen LogP contribution in [0, 0.1) is 47.9 Å². The Morgan fingerprint density at radius 2 is 1.12 bits per heavy atom. The Kier molecular flexibility index (Phi) is 35.5. The molecule has 58 heavy (non-hydrogen) atoms. The molecule has 11 heteroatoms. The number of carboxylic acids is 1. The van der Waals surface area contributed by atoms with E-state index in [-0.39, 0.29) is 12.2 Å². The zero-order chi connectivity index (χ0) is 43.2. The fraction of sp³-hybridized carbons (Fsp3) is 0.702. The maximum Gasteiger partial charge on any atom is 0.381 e. The van der Waals surface area contributed by atoms with Crippen molar-refractivity contribution in [1.29, 1.82) is 0 Å². The molecule has 0 saturated heterocycles. The average Bonchev–Trinajstić information content (AvgIpc) is 3.19. The van der Waals surface area contributed by atoms with E-state index in [4.69, 9.17) is 11.5 Å². The summed E-state index contributed by atoms with van der Waals surface area (Å²) in [5.74, 6) is 15.6. The molecule has 0 fully saturated rings. The molecule has 0 radical (unpaired) electrons. The average molecular weight is 813 g/mol. The van der Waals surface area contributed by atoms with Gasteiger partial charge in [0.1, 0.15) is 24.1 Å². The highest BCUT2D eigenvalue weighted by Crippen LogP contribution is 2.15. The lowest BCUT2D eigenvalue weighted by Crippen LogP contribution is -2.36. The number of ketones is 1. The van der Waals surface area contributed by atoms with Crippen LogP contribution in [-0.2, 0) is 9.59 Å². The monoisotopic (exact) mass is 813 g/mol. The van der Waals surface area contributed by atoms with Gasteiger partial charge in [0.05, 0.1) is 24.4 Å². The largest absolute Gasteiger partial charge is 0.472 e. The van der Waals surface area contributed by atoms with Crippen molar-refractivity contribution in [2.45, 2.75) is 209 Å². The lowest BCUT2D eigenvalue weighted by molar-refractivity contribution is -0.130. The van der Waals surface area contributed by atoms with Gasteiger partial charge >= 0.3 is 5.97 Å². The molecular weight excluding hydrogens is 741 g/mol. The fourth-order valence-electron chi connectivity index (χ4n) is 6.02. The van der Waals surface area contributed by atoms with Gasteiger partial charge in [-0.25, -0.2) is 4.79 Å². The molecule has 0 bridgehead atoms. The molecule has 0 rings (SSSR count). The van der Waals surface area contributed by atoms with Gasteiger partial charge in [0.2, 0.25) is 0 Å². The first-order valence-corrected chi connectivity index (χ1v) is 21.3. The number of carbonyl (C=O) groups is 2. The van der Waals surface area contributed by atoms with E-state index in [1.54, 1.807) is 5.92 Å². The zero-order valence-electron chi connectivity index (χ0n) is 34.5. The van der Waals surface area contributed by atoms with Crippen LogP contribution in [0.25, 0.3) is 0 Å². The quantitative estimate of drug-likeness (QED) is 0.0243. The molecule has 0 saturated carbocycles. The van der Waals surface area contributed by atoms with Crippen molar-refractivity contribution in [3.05, 3.63) is 24.3 Å². The summed E-state index contributed by atoms with van der Waals surface area (Å²) in [5.41, 5.74) is 0. The second-order valence-corrected chi connectivity index (χ2v) is 14.9. The predicted octanol–water partition coefficient (Wildman–Crippen LogP) is 5.04. The molecule has 8 unspecified atom stereocenters. The van der Waals surface area contributed by atoms with Crippen LogP contribution in [0.5, 0.6) is 0 Å². The van der Waals surface area contributed by atoms with Crippen molar-refractivity contribution < 1.29 is 55.5 Å². The first kappa shape index (κ1) is 54.5. The number of Topliss-reactive ketones (excluding diaryl/α,β-unsaturated/α-hetero) is 1. The predicted molar refractivity (Wildman–Crippen MR) is 227 cm³/mol. The number of hydrogen-bond donors (Lipinski definition) is 9. The van der Waals surface area contributed by atoms with Gasteiger partial charge < -0.3 is 46.0 Å². The van der Waals surface area contributed by atoms with Gasteiger partial charge in [0.15, 0.2) is 6.10 Å². The third-order valence-corrected chi connectivity index (χ3v) is 9.53. The smallest absolute Gasteiger partial charge is 0.381 e. The van der Waals surface area contributed by atoms with Gasteiger partial charge in [-0.1, -0.05) is 124 Å².